The Morgan fingerprint density at radius 2 is 1.73 bits per heavy atom. The average molecular weight is 531 g/mol. The number of primary amides is 1. The van der Waals surface area contributed by atoms with Gasteiger partial charge in [-0.05, 0) is 58.9 Å². The third kappa shape index (κ3) is 5.73. The molecule has 2 aromatic carbocycles. The molecule has 4 aromatic rings. The molecule has 0 aliphatic carbocycles. The van der Waals surface area contributed by atoms with Crippen molar-refractivity contribution in [3.63, 3.8) is 0 Å². The first-order valence-electron chi connectivity index (χ1n) is 11.8. The van der Waals surface area contributed by atoms with E-state index in [4.69, 9.17) is 16.2 Å². The van der Waals surface area contributed by atoms with E-state index in [1.54, 1.807) is 54.8 Å². The van der Waals surface area contributed by atoms with Gasteiger partial charge in [-0.3, -0.25) is 9.78 Å². The molecule has 1 atom stereocenters. The van der Waals surface area contributed by atoms with E-state index in [0.29, 0.717) is 28.1 Å². The zero-order valence-electron chi connectivity index (χ0n) is 21.2. The summed E-state index contributed by atoms with van der Waals surface area (Å²) in [6.07, 6.45) is 2.63. The maximum absolute atomic E-state index is 13.1. The lowest BCUT2D eigenvalue weighted by atomic mass is 9.88. The second kappa shape index (κ2) is 10.2. The number of hydrogen-bond donors (Lipinski definition) is 3. The topological polar surface area (TPSA) is 120 Å². The van der Waals surface area contributed by atoms with Gasteiger partial charge in [0.2, 0.25) is 0 Å². The molecule has 0 bridgehead atoms. The summed E-state index contributed by atoms with van der Waals surface area (Å²) in [5, 5.41) is 6.03. The normalized spacial score (nSPS) is 13.0. The molecule has 0 saturated heterocycles. The summed E-state index contributed by atoms with van der Waals surface area (Å²) < 4.78 is 5.64. The van der Waals surface area contributed by atoms with E-state index in [9.17, 15) is 9.59 Å². The van der Waals surface area contributed by atoms with Crippen LogP contribution in [-0.4, -0.2) is 25.1 Å². The number of carbonyl (C=O) groups is 2. The van der Waals surface area contributed by atoms with Gasteiger partial charge >= 0.3 is 6.09 Å². The van der Waals surface area contributed by atoms with Crippen molar-refractivity contribution in [2.24, 2.45) is 5.73 Å². The zero-order chi connectivity index (χ0) is 26.8. The Bertz CT molecular complexity index is 1430. The van der Waals surface area contributed by atoms with Crippen molar-refractivity contribution >= 4 is 48.0 Å². The molecule has 0 aliphatic rings. The number of rotatable bonds is 7. The first kappa shape index (κ1) is 26.1. The lowest BCUT2D eigenvalue weighted by Crippen LogP contribution is -2.40. The van der Waals surface area contributed by atoms with Gasteiger partial charge in [-0.1, -0.05) is 50.0 Å². The monoisotopic (exact) mass is 530 g/mol. The van der Waals surface area contributed by atoms with Gasteiger partial charge in [-0.2, -0.15) is 0 Å². The molecule has 5 N–H and O–H groups in total. The number of carbonyl (C=O) groups excluding carboxylic acids is 2. The summed E-state index contributed by atoms with van der Waals surface area (Å²) in [6.45, 7) is 8.43. The number of nitrogens with one attached hydrogen (secondary N) is 1. The summed E-state index contributed by atoms with van der Waals surface area (Å²) >= 11 is 1.61. The Morgan fingerprint density at radius 1 is 1.00 bits per heavy atom. The van der Waals surface area contributed by atoms with Crippen LogP contribution in [0.15, 0.2) is 78.4 Å². The molecule has 7 nitrogen and oxygen atoms in total. The predicted octanol–water partition coefficient (Wildman–Crippen LogP) is 5.55. The SMILES string of the molecule is CC(OC(N)=O)(c1ccc(C(=O)Nc2cc(-c3cccs3)ccc2N)cc1)c1cncc([Si](C)(C)C)c1. The van der Waals surface area contributed by atoms with Gasteiger partial charge in [-0.15, -0.1) is 11.3 Å². The molecule has 0 spiro atoms. The van der Waals surface area contributed by atoms with Crippen LogP contribution in [-0.2, 0) is 10.3 Å². The van der Waals surface area contributed by atoms with Crippen LogP contribution in [0.4, 0.5) is 16.2 Å². The smallest absolute Gasteiger partial charge is 0.405 e. The van der Waals surface area contributed by atoms with Crippen LogP contribution in [0.5, 0.6) is 0 Å². The fourth-order valence-corrected chi connectivity index (χ4v) is 5.77. The highest BCUT2D eigenvalue weighted by atomic mass is 32.1. The number of nitrogen functional groups attached to an aromatic ring is 1. The van der Waals surface area contributed by atoms with Gasteiger partial charge in [0.25, 0.3) is 5.91 Å². The third-order valence-electron chi connectivity index (χ3n) is 6.26. The Balaban J connectivity index is 1.62. The highest BCUT2D eigenvalue weighted by Crippen LogP contribution is 2.34. The molecule has 0 saturated carbocycles. The molecule has 0 radical (unpaired) electrons. The van der Waals surface area contributed by atoms with Crippen LogP contribution in [0.1, 0.15) is 28.4 Å². The van der Waals surface area contributed by atoms with E-state index in [1.807, 2.05) is 41.9 Å². The zero-order valence-corrected chi connectivity index (χ0v) is 23.1. The molecule has 1 unspecified atom stereocenters. The molecule has 2 aromatic heterocycles. The minimum atomic E-state index is -1.67. The minimum absolute atomic E-state index is 0.304. The quantitative estimate of drug-likeness (QED) is 0.214. The lowest BCUT2D eigenvalue weighted by Gasteiger charge is -2.31. The minimum Gasteiger partial charge on any atom is -0.433 e. The number of hydrogen-bond acceptors (Lipinski definition) is 6. The van der Waals surface area contributed by atoms with Crippen LogP contribution in [0.25, 0.3) is 10.4 Å². The van der Waals surface area contributed by atoms with Crippen molar-refractivity contribution in [1.29, 1.82) is 0 Å². The van der Waals surface area contributed by atoms with Crippen molar-refractivity contribution in [1.82, 2.24) is 4.98 Å². The van der Waals surface area contributed by atoms with E-state index in [1.165, 1.54) is 0 Å². The molecule has 37 heavy (non-hydrogen) atoms. The van der Waals surface area contributed by atoms with Gasteiger partial charge in [0.05, 0.1) is 19.4 Å². The van der Waals surface area contributed by atoms with E-state index >= 15 is 0 Å². The standard InChI is InChI=1S/C28H30N4O3SSi/c1-28(35-27(30)34,21-15-22(17-31-16-21)37(2,3)4)20-10-7-18(8-11-20)26(33)32-24-14-19(9-12-23(24)29)25-6-5-13-36-25/h5-17H,29H2,1-4H3,(H2,30,34)(H,32,33). The largest absolute Gasteiger partial charge is 0.433 e. The molecule has 4 rings (SSSR count). The lowest BCUT2D eigenvalue weighted by molar-refractivity contribution is 0.0593. The van der Waals surface area contributed by atoms with Crippen molar-refractivity contribution in [2.45, 2.75) is 32.2 Å². The number of aromatic nitrogens is 1. The van der Waals surface area contributed by atoms with Crippen LogP contribution >= 0.6 is 11.3 Å². The molecule has 0 aliphatic heterocycles. The molecule has 2 amide bonds. The maximum Gasteiger partial charge on any atom is 0.405 e. The van der Waals surface area contributed by atoms with E-state index < -0.39 is 19.8 Å². The van der Waals surface area contributed by atoms with E-state index in [2.05, 4.69) is 29.9 Å². The van der Waals surface area contributed by atoms with Gasteiger partial charge in [0, 0.05) is 28.4 Å². The summed E-state index contributed by atoms with van der Waals surface area (Å²) in [5.74, 6) is -0.304. The Kier molecular flexibility index (Phi) is 7.20. The molecule has 2 heterocycles. The fourth-order valence-electron chi connectivity index (χ4n) is 3.99. The summed E-state index contributed by atoms with van der Waals surface area (Å²) in [4.78, 5) is 30.4. The van der Waals surface area contributed by atoms with Crippen LogP contribution in [0, 0.1) is 0 Å². The molecular weight excluding hydrogens is 500 g/mol. The first-order valence-corrected chi connectivity index (χ1v) is 16.1. The van der Waals surface area contributed by atoms with Crippen LogP contribution in [0.2, 0.25) is 19.6 Å². The molecule has 9 heteroatoms. The van der Waals surface area contributed by atoms with Crippen molar-refractivity contribution in [2.75, 3.05) is 11.1 Å². The second-order valence-electron chi connectivity index (χ2n) is 9.98. The van der Waals surface area contributed by atoms with Crippen LogP contribution < -0.4 is 22.0 Å². The summed E-state index contributed by atoms with van der Waals surface area (Å²) in [7, 11) is -1.67. The molecular formula is C28H30N4O3SSi. The van der Waals surface area contributed by atoms with Gasteiger partial charge in [0.15, 0.2) is 5.60 Å². The predicted molar refractivity (Wildman–Crippen MR) is 153 cm³/mol. The van der Waals surface area contributed by atoms with Gasteiger partial charge in [0.1, 0.15) is 0 Å². The Hall–Kier alpha value is -3.95. The second-order valence-corrected chi connectivity index (χ2v) is 16.0. The van der Waals surface area contributed by atoms with E-state index in [-0.39, 0.29) is 5.91 Å². The van der Waals surface area contributed by atoms with Crippen molar-refractivity contribution < 1.29 is 14.3 Å². The number of pyridine rings is 1. The van der Waals surface area contributed by atoms with Crippen molar-refractivity contribution in [3.8, 4) is 10.4 Å². The first-order chi connectivity index (χ1) is 17.5. The van der Waals surface area contributed by atoms with Crippen molar-refractivity contribution in [3.05, 3.63) is 95.1 Å². The Labute approximate surface area is 221 Å². The number of amides is 2. The van der Waals surface area contributed by atoms with Gasteiger partial charge in [-0.25, -0.2) is 4.79 Å². The maximum atomic E-state index is 13.1. The number of nitrogens with zero attached hydrogens (tertiary/aromatic N) is 1. The van der Waals surface area contributed by atoms with Crippen LogP contribution in [0.3, 0.4) is 0 Å². The highest BCUT2D eigenvalue weighted by molar-refractivity contribution is 7.13. The third-order valence-corrected chi connectivity index (χ3v) is 9.19. The molecule has 190 valence electrons. The summed E-state index contributed by atoms with van der Waals surface area (Å²) in [6, 6.07) is 18.5. The van der Waals surface area contributed by atoms with Gasteiger partial charge < -0.3 is 21.5 Å². The number of thiophene rings is 1. The molecule has 0 fully saturated rings. The number of nitrogens with two attached hydrogens (primary N) is 2. The van der Waals surface area contributed by atoms with E-state index in [0.717, 1.165) is 15.6 Å². The highest BCUT2D eigenvalue weighted by Gasteiger charge is 2.34. The number of benzene rings is 2. The number of ether oxygens (including phenoxy) is 1. The fraction of sp³-hybridized carbons (Fsp3) is 0.179. The Morgan fingerprint density at radius 3 is 2.35 bits per heavy atom. The number of anilines is 2. The average Bonchev–Trinajstić information content (AvgIpc) is 3.40. The summed E-state index contributed by atoms with van der Waals surface area (Å²) in [5.41, 5.74) is 14.2.